The summed E-state index contributed by atoms with van der Waals surface area (Å²) in [5, 5.41) is 0. The maximum absolute atomic E-state index is 12.3. The van der Waals surface area contributed by atoms with Gasteiger partial charge in [-0.1, -0.05) is 0 Å². The van der Waals surface area contributed by atoms with Gasteiger partial charge in [-0.15, -0.1) is 0 Å². The molecule has 1 heterocycles. The van der Waals surface area contributed by atoms with Gasteiger partial charge in [0.25, 0.3) is 0 Å². The Morgan fingerprint density at radius 3 is 2.62 bits per heavy atom. The molecule has 0 aromatic rings. The average molecular weight is 230 g/mol. The summed E-state index contributed by atoms with van der Waals surface area (Å²) in [6.07, 6.45) is 1.44. The molecule has 0 saturated carbocycles. The molecule has 1 amide bonds. The van der Waals surface area contributed by atoms with E-state index >= 15 is 0 Å². The van der Waals surface area contributed by atoms with Gasteiger partial charge < -0.3 is 20.1 Å². The Kier molecular flexibility index (Phi) is 5.18. The lowest BCUT2D eigenvalue weighted by Crippen LogP contribution is -2.50. The molecule has 1 aliphatic heterocycles. The summed E-state index contributed by atoms with van der Waals surface area (Å²) in [5.41, 5.74) is 5.36. The van der Waals surface area contributed by atoms with Crippen LogP contribution in [0.2, 0.25) is 0 Å². The minimum absolute atomic E-state index is 0.121. The van der Waals surface area contributed by atoms with Gasteiger partial charge >= 0.3 is 0 Å². The van der Waals surface area contributed by atoms with Gasteiger partial charge in [0.15, 0.2) is 0 Å². The largest absolute Gasteiger partial charge is 0.383 e. The average Bonchev–Trinajstić information content (AvgIpc) is 2.35. The molecular weight excluding hydrogens is 208 g/mol. The molecule has 94 valence electrons. The van der Waals surface area contributed by atoms with Crippen LogP contribution in [0.1, 0.15) is 12.8 Å². The molecule has 1 rings (SSSR count). The molecule has 5 nitrogen and oxygen atoms in total. The Morgan fingerprint density at radius 2 is 2.12 bits per heavy atom. The van der Waals surface area contributed by atoms with Crippen molar-refractivity contribution >= 4 is 5.91 Å². The summed E-state index contributed by atoms with van der Waals surface area (Å²) in [6.45, 7) is 2.81. The van der Waals surface area contributed by atoms with Crippen LogP contribution in [0.3, 0.4) is 0 Å². The molecule has 1 fully saturated rings. The van der Waals surface area contributed by atoms with E-state index in [2.05, 4.69) is 0 Å². The van der Waals surface area contributed by atoms with Crippen molar-refractivity contribution in [2.75, 3.05) is 47.1 Å². The van der Waals surface area contributed by atoms with E-state index in [0.29, 0.717) is 32.9 Å². The lowest BCUT2D eigenvalue weighted by molar-refractivity contribution is -0.146. The first kappa shape index (κ1) is 13.4. The van der Waals surface area contributed by atoms with Gasteiger partial charge in [-0.3, -0.25) is 4.79 Å². The minimum atomic E-state index is -0.416. The van der Waals surface area contributed by atoms with Crippen molar-refractivity contribution in [1.82, 2.24) is 4.90 Å². The molecule has 2 N–H and O–H groups in total. The molecular formula is C11H22N2O3. The van der Waals surface area contributed by atoms with E-state index in [1.54, 1.807) is 19.1 Å². The molecule has 0 aromatic heterocycles. The second kappa shape index (κ2) is 6.18. The SMILES string of the molecule is COCCN(C)C(=O)C1(CN)CCOCC1. The zero-order valence-electron chi connectivity index (χ0n) is 10.2. The minimum Gasteiger partial charge on any atom is -0.383 e. The Balaban J connectivity index is 2.60. The van der Waals surface area contributed by atoms with E-state index in [1.165, 1.54) is 0 Å². The summed E-state index contributed by atoms with van der Waals surface area (Å²) in [6, 6.07) is 0. The molecule has 5 heteroatoms. The van der Waals surface area contributed by atoms with Crippen LogP contribution in [0.25, 0.3) is 0 Å². The van der Waals surface area contributed by atoms with Crippen LogP contribution >= 0.6 is 0 Å². The Morgan fingerprint density at radius 1 is 1.50 bits per heavy atom. The molecule has 0 aromatic carbocycles. The highest BCUT2D eigenvalue weighted by atomic mass is 16.5. The number of likely N-dealkylation sites (N-methyl/N-ethyl adjacent to an activating group) is 1. The van der Waals surface area contributed by atoms with Crippen LogP contribution in [0.4, 0.5) is 0 Å². The molecule has 0 aliphatic carbocycles. The number of ether oxygens (including phenoxy) is 2. The van der Waals surface area contributed by atoms with Crippen molar-refractivity contribution in [3.63, 3.8) is 0 Å². The summed E-state index contributed by atoms with van der Waals surface area (Å²) in [7, 11) is 3.43. The van der Waals surface area contributed by atoms with Crippen LogP contribution < -0.4 is 5.73 Å². The first-order valence-electron chi connectivity index (χ1n) is 5.68. The van der Waals surface area contributed by atoms with Crippen molar-refractivity contribution in [2.24, 2.45) is 11.1 Å². The highest BCUT2D eigenvalue weighted by Gasteiger charge is 2.40. The van der Waals surface area contributed by atoms with E-state index in [4.69, 9.17) is 15.2 Å². The lowest BCUT2D eigenvalue weighted by atomic mass is 9.79. The molecule has 0 radical (unpaired) electrons. The van der Waals surface area contributed by atoms with Gasteiger partial charge in [-0.2, -0.15) is 0 Å². The number of methoxy groups -OCH3 is 1. The molecule has 1 aliphatic rings. The van der Waals surface area contributed by atoms with Gasteiger partial charge in [0.2, 0.25) is 5.91 Å². The fraction of sp³-hybridized carbons (Fsp3) is 0.909. The Bertz CT molecular complexity index is 227. The number of hydrogen-bond donors (Lipinski definition) is 1. The first-order valence-corrected chi connectivity index (χ1v) is 5.68. The van der Waals surface area contributed by atoms with Crippen molar-refractivity contribution in [2.45, 2.75) is 12.8 Å². The fourth-order valence-corrected chi connectivity index (χ4v) is 2.00. The van der Waals surface area contributed by atoms with E-state index < -0.39 is 5.41 Å². The van der Waals surface area contributed by atoms with E-state index in [-0.39, 0.29) is 5.91 Å². The van der Waals surface area contributed by atoms with E-state index in [1.807, 2.05) is 0 Å². The maximum atomic E-state index is 12.3. The first-order chi connectivity index (χ1) is 7.66. The van der Waals surface area contributed by atoms with Crippen molar-refractivity contribution in [3.05, 3.63) is 0 Å². The Labute approximate surface area is 96.9 Å². The van der Waals surface area contributed by atoms with Crippen LogP contribution in [0.5, 0.6) is 0 Å². The molecule has 1 saturated heterocycles. The number of rotatable bonds is 5. The van der Waals surface area contributed by atoms with Crippen molar-refractivity contribution in [1.29, 1.82) is 0 Å². The standard InChI is InChI=1S/C11H22N2O3/c1-13(5-8-15-2)10(14)11(9-12)3-6-16-7-4-11/h3-9,12H2,1-2H3. The highest BCUT2D eigenvalue weighted by Crippen LogP contribution is 2.31. The highest BCUT2D eigenvalue weighted by molar-refractivity contribution is 5.83. The van der Waals surface area contributed by atoms with E-state index in [0.717, 1.165) is 12.8 Å². The quantitative estimate of drug-likeness (QED) is 0.713. The van der Waals surface area contributed by atoms with Crippen LogP contribution in [0.15, 0.2) is 0 Å². The van der Waals surface area contributed by atoms with Gasteiger partial charge in [-0.05, 0) is 12.8 Å². The van der Waals surface area contributed by atoms with Gasteiger partial charge in [0, 0.05) is 40.5 Å². The predicted octanol–water partition coefficient (Wildman–Crippen LogP) is -0.153. The number of carbonyl (C=O) groups is 1. The smallest absolute Gasteiger partial charge is 0.230 e. The molecule has 0 bridgehead atoms. The summed E-state index contributed by atoms with van der Waals surface area (Å²) in [4.78, 5) is 14.0. The zero-order chi connectivity index (χ0) is 12.0. The second-order valence-corrected chi connectivity index (χ2v) is 4.32. The maximum Gasteiger partial charge on any atom is 0.230 e. The topological polar surface area (TPSA) is 64.8 Å². The van der Waals surface area contributed by atoms with Crippen LogP contribution in [-0.4, -0.2) is 57.9 Å². The summed E-state index contributed by atoms with van der Waals surface area (Å²) >= 11 is 0. The van der Waals surface area contributed by atoms with Crippen LogP contribution in [0, 0.1) is 5.41 Å². The number of nitrogens with zero attached hydrogens (tertiary/aromatic N) is 1. The number of nitrogens with two attached hydrogens (primary N) is 1. The normalized spacial score (nSPS) is 19.4. The van der Waals surface area contributed by atoms with Crippen LogP contribution in [-0.2, 0) is 14.3 Å². The Hall–Kier alpha value is -0.650. The predicted molar refractivity (Wildman–Crippen MR) is 61.1 cm³/mol. The zero-order valence-corrected chi connectivity index (χ0v) is 10.2. The van der Waals surface area contributed by atoms with Gasteiger partial charge in [-0.25, -0.2) is 0 Å². The molecule has 16 heavy (non-hydrogen) atoms. The lowest BCUT2D eigenvalue weighted by Gasteiger charge is -2.37. The summed E-state index contributed by atoms with van der Waals surface area (Å²) in [5.74, 6) is 0.121. The van der Waals surface area contributed by atoms with Gasteiger partial charge in [0.1, 0.15) is 0 Å². The third kappa shape index (κ3) is 2.93. The fourth-order valence-electron chi connectivity index (χ4n) is 2.00. The molecule has 0 unspecified atom stereocenters. The van der Waals surface area contributed by atoms with Gasteiger partial charge in [0.05, 0.1) is 12.0 Å². The van der Waals surface area contributed by atoms with E-state index in [9.17, 15) is 4.79 Å². The number of carbonyl (C=O) groups excluding carboxylic acids is 1. The number of hydrogen-bond acceptors (Lipinski definition) is 4. The second-order valence-electron chi connectivity index (χ2n) is 4.32. The molecule has 0 spiro atoms. The monoisotopic (exact) mass is 230 g/mol. The third-order valence-electron chi connectivity index (χ3n) is 3.27. The van der Waals surface area contributed by atoms with Crippen molar-refractivity contribution < 1.29 is 14.3 Å². The summed E-state index contributed by atoms with van der Waals surface area (Å²) < 4.78 is 10.3. The molecule has 0 atom stereocenters. The number of amides is 1. The van der Waals surface area contributed by atoms with Crippen molar-refractivity contribution in [3.8, 4) is 0 Å². The third-order valence-corrected chi connectivity index (χ3v) is 3.27.